The van der Waals surface area contributed by atoms with Crippen molar-refractivity contribution in [2.45, 2.75) is 19.4 Å². The van der Waals surface area contributed by atoms with E-state index in [2.05, 4.69) is 34.3 Å². The van der Waals surface area contributed by atoms with E-state index in [1.165, 1.54) is 10.4 Å². The van der Waals surface area contributed by atoms with Crippen molar-refractivity contribution in [3.05, 3.63) is 50.6 Å². The summed E-state index contributed by atoms with van der Waals surface area (Å²) >= 11 is 5.21. The number of ether oxygens (including phenoxy) is 1. The van der Waals surface area contributed by atoms with E-state index in [4.69, 9.17) is 10.6 Å². The Labute approximate surface area is 125 Å². The molecule has 2 rings (SSSR count). The third-order valence-corrected chi connectivity index (χ3v) is 4.81. The smallest absolute Gasteiger partial charge is 0.119 e. The molecular formula is C14H17BrN2OS. The first-order chi connectivity index (χ1) is 9.20. The van der Waals surface area contributed by atoms with E-state index in [1.54, 1.807) is 11.3 Å². The zero-order valence-electron chi connectivity index (χ0n) is 10.7. The van der Waals surface area contributed by atoms with Gasteiger partial charge in [0.25, 0.3) is 0 Å². The van der Waals surface area contributed by atoms with Gasteiger partial charge in [0, 0.05) is 15.8 Å². The summed E-state index contributed by atoms with van der Waals surface area (Å²) in [6, 6.07) is 10.2. The van der Waals surface area contributed by atoms with Crippen molar-refractivity contribution in [3.63, 3.8) is 0 Å². The standard InChI is InChI=1S/C14H17BrN2OS/c1-10-3-2-4-11(9-10)18-7-5-13(17-16)14-12(15)6-8-19-14/h2-4,6,8-9,13,17H,5,7,16H2,1H3. The van der Waals surface area contributed by atoms with Crippen LogP contribution in [-0.4, -0.2) is 6.61 Å². The molecule has 0 aliphatic rings. The average Bonchev–Trinajstić information content (AvgIpc) is 2.81. The molecule has 0 amide bonds. The fourth-order valence-electron chi connectivity index (χ4n) is 1.84. The third kappa shape index (κ3) is 4.04. The van der Waals surface area contributed by atoms with Gasteiger partial charge in [0.15, 0.2) is 0 Å². The highest BCUT2D eigenvalue weighted by atomic mass is 79.9. The van der Waals surface area contributed by atoms with E-state index >= 15 is 0 Å². The van der Waals surface area contributed by atoms with E-state index in [9.17, 15) is 0 Å². The summed E-state index contributed by atoms with van der Waals surface area (Å²) in [6.45, 7) is 2.68. The molecule has 1 aromatic carbocycles. The van der Waals surface area contributed by atoms with Gasteiger partial charge in [-0.2, -0.15) is 0 Å². The van der Waals surface area contributed by atoms with Gasteiger partial charge < -0.3 is 4.74 Å². The number of aryl methyl sites for hydroxylation is 1. The summed E-state index contributed by atoms with van der Waals surface area (Å²) in [5, 5.41) is 2.05. The second kappa shape index (κ2) is 7.05. The Morgan fingerprint density at radius 2 is 2.26 bits per heavy atom. The van der Waals surface area contributed by atoms with Crippen molar-refractivity contribution in [1.82, 2.24) is 5.43 Å². The molecule has 1 aromatic heterocycles. The molecule has 1 unspecified atom stereocenters. The van der Waals surface area contributed by atoms with Crippen molar-refractivity contribution in [3.8, 4) is 5.75 Å². The van der Waals surface area contributed by atoms with E-state index in [0.717, 1.165) is 16.6 Å². The number of hydrogen-bond donors (Lipinski definition) is 2. The van der Waals surface area contributed by atoms with Gasteiger partial charge in [-0.1, -0.05) is 12.1 Å². The lowest BCUT2D eigenvalue weighted by Crippen LogP contribution is -2.28. The molecule has 1 heterocycles. The van der Waals surface area contributed by atoms with E-state index < -0.39 is 0 Å². The van der Waals surface area contributed by atoms with Gasteiger partial charge >= 0.3 is 0 Å². The second-order valence-corrected chi connectivity index (χ2v) is 6.11. The minimum atomic E-state index is 0.110. The molecule has 0 bridgehead atoms. The molecule has 0 aliphatic carbocycles. The summed E-state index contributed by atoms with van der Waals surface area (Å²) in [5.41, 5.74) is 4.04. The summed E-state index contributed by atoms with van der Waals surface area (Å²) < 4.78 is 6.84. The Hall–Kier alpha value is -0.880. The maximum absolute atomic E-state index is 5.75. The van der Waals surface area contributed by atoms with Crippen LogP contribution in [0.4, 0.5) is 0 Å². The predicted molar refractivity (Wildman–Crippen MR) is 83.4 cm³/mol. The Morgan fingerprint density at radius 1 is 1.42 bits per heavy atom. The van der Waals surface area contributed by atoms with Gasteiger partial charge in [0.1, 0.15) is 5.75 Å². The lowest BCUT2D eigenvalue weighted by atomic mass is 10.2. The molecule has 0 radical (unpaired) electrons. The first kappa shape index (κ1) is 14.5. The number of halogens is 1. The minimum absolute atomic E-state index is 0.110. The molecule has 3 nitrogen and oxygen atoms in total. The second-order valence-electron chi connectivity index (χ2n) is 4.31. The first-order valence-electron chi connectivity index (χ1n) is 6.09. The minimum Gasteiger partial charge on any atom is -0.494 e. The highest BCUT2D eigenvalue weighted by Gasteiger charge is 2.14. The molecule has 1 atom stereocenters. The molecule has 2 aromatic rings. The first-order valence-corrected chi connectivity index (χ1v) is 7.76. The van der Waals surface area contributed by atoms with Crippen molar-refractivity contribution < 1.29 is 4.74 Å². The fourth-order valence-corrected chi connectivity index (χ4v) is 3.59. The molecule has 0 spiro atoms. The third-order valence-electron chi connectivity index (χ3n) is 2.83. The largest absolute Gasteiger partial charge is 0.494 e. The van der Waals surface area contributed by atoms with E-state index in [1.807, 2.05) is 29.6 Å². The van der Waals surface area contributed by atoms with Crippen LogP contribution in [0.5, 0.6) is 5.75 Å². The number of nitrogens with two attached hydrogens (primary N) is 1. The van der Waals surface area contributed by atoms with Crippen molar-refractivity contribution in [1.29, 1.82) is 0 Å². The highest BCUT2D eigenvalue weighted by molar-refractivity contribution is 9.10. The molecule has 0 fully saturated rings. The number of hydrogen-bond acceptors (Lipinski definition) is 4. The van der Waals surface area contributed by atoms with Crippen LogP contribution in [0.25, 0.3) is 0 Å². The number of hydrazine groups is 1. The molecule has 3 N–H and O–H groups in total. The quantitative estimate of drug-likeness (QED) is 0.621. The van der Waals surface area contributed by atoms with Gasteiger partial charge in [0.2, 0.25) is 0 Å². The van der Waals surface area contributed by atoms with Gasteiger partial charge in [-0.15, -0.1) is 11.3 Å². The Kier molecular flexibility index (Phi) is 5.39. The number of nitrogens with one attached hydrogen (secondary N) is 1. The predicted octanol–water partition coefficient (Wildman–Crippen LogP) is 3.79. The lowest BCUT2D eigenvalue weighted by molar-refractivity contribution is 0.288. The molecule has 19 heavy (non-hydrogen) atoms. The molecule has 0 saturated heterocycles. The van der Waals surface area contributed by atoms with Crippen LogP contribution < -0.4 is 16.0 Å². The number of benzene rings is 1. The fraction of sp³-hybridized carbons (Fsp3) is 0.286. The average molecular weight is 341 g/mol. The van der Waals surface area contributed by atoms with Crippen molar-refractivity contribution >= 4 is 27.3 Å². The highest BCUT2D eigenvalue weighted by Crippen LogP contribution is 2.30. The monoisotopic (exact) mass is 340 g/mol. The van der Waals surface area contributed by atoms with Crippen LogP contribution in [0.3, 0.4) is 0 Å². The van der Waals surface area contributed by atoms with Crippen molar-refractivity contribution in [2.24, 2.45) is 5.84 Å². The van der Waals surface area contributed by atoms with Gasteiger partial charge in [0.05, 0.1) is 12.6 Å². The van der Waals surface area contributed by atoms with Crippen LogP contribution in [0.1, 0.15) is 22.9 Å². The zero-order valence-corrected chi connectivity index (χ0v) is 13.1. The van der Waals surface area contributed by atoms with E-state index in [0.29, 0.717) is 6.61 Å². The van der Waals surface area contributed by atoms with Gasteiger partial charge in [-0.05, 0) is 52.0 Å². The Morgan fingerprint density at radius 3 is 2.89 bits per heavy atom. The topological polar surface area (TPSA) is 47.3 Å². The van der Waals surface area contributed by atoms with Crippen LogP contribution in [0.2, 0.25) is 0 Å². The summed E-state index contributed by atoms with van der Waals surface area (Å²) in [5.74, 6) is 6.52. The molecule has 5 heteroatoms. The normalized spacial score (nSPS) is 12.4. The van der Waals surface area contributed by atoms with Crippen LogP contribution in [0, 0.1) is 6.92 Å². The summed E-state index contributed by atoms with van der Waals surface area (Å²) in [7, 11) is 0. The maximum Gasteiger partial charge on any atom is 0.119 e. The Bertz CT molecular complexity index is 530. The van der Waals surface area contributed by atoms with Crippen LogP contribution >= 0.6 is 27.3 Å². The van der Waals surface area contributed by atoms with Crippen molar-refractivity contribution in [2.75, 3.05) is 6.61 Å². The number of rotatable bonds is 6. The van der Waals surface area contributed by atoms with Gasteiger partial charge in [-0.25, -0.2) is 0 Å². The molecule has 102 valence electrons. The molecular weight excluding hydrogens is 324 g/mol. The molecule has 0 aliphatic heterocycles. The SMILES string of the molecule is Cc1cccc(OCCC(NN)c2sccc2Br)c1. The lowest BCUT2D eigenvalue weighted by Gasteiger charge is -2.15. The molecule has 0 saturated carbocycles. The van der Waals surface area contributed by atoms with Gasteiger partial charge in [-0.3, -0.25) is 11.3 Å². The Balaban J connectivity index is 1.89. The zero-order chi connectivity index (χ0) is 13.7. The number of thiophene rings is 1. The summed E-state index contributed by atoms with van der Waals surface area (Å²) in [6.07, 6.45) is 0.823. The van der Waals surface area contributed by atoms with Crippen LogP contribution in [0.15, 0.2) is 40.2 Å². The van der Waals surface area contributed by atoms with E-state index in [-0.39, 0.29) is 6.04 Å². The van der Waals surface area contributed by atoms with Crippen LogP contribution in [-0.2, 0) is 0 Å². The summed E-state index contributed by atoms with van der Waals surface area (Å²) in [4.78, 5) is 1.20. The maximum atomic E-state index is 5.75.